The van der Waals surface area contributed by atoms with Crippen molar-refractivity contribution in [3.05, 3.63) is 11.9 Å². The highest BCUT2D eigenvalue weighted by Gasteiger charge is 2.10. The van der Waals surface area contributed by atoms with E-state index in [-0.39, 0.29) is 0 Å². The van der Waals surface area contributed by atoms with Crippen LogP contribution in [-0.2, 0) is 11.2 Å². The Labute approximate surface area is 120 Å². The number of ether oxygens (including phenoxy) is 1. The van der Waals surface area contributed by atoms with Crippen LogP contribution in [0, 0.1) is 0 Å². The van der Waals surface area contributed by atoms with E-state index in [9.17, 15) is 0 Å². The fraction of sp³-hybridized carbons (Fsp3) is 0.714. The molecule has 0 aliphatic rings. The first-order valence-corrected chi connectivity index (χ1v) is 8.01. The van der Waals surface area contributed by atoms with Gasteiger partial charge in [0.2, 0.25) is 0 Å². The summed E-state index contributed by atoms with van der Waals surface area (Å²) in [7, 11) is 1.74. The second-order valence-electron chi connectivity index (χ2n) is 4.38. The summed E-state index contributed by atoms with van der Waals surface area (Å²) in [6.45, 7) is 6.12. The average molecular weight is 283 g/mol. The molecule has 0 radical (unpaired) electrons. The van der Waals surface area contributed by atoms with E-state index in [1.165, 1.54) is 5.56 Å². The van der Waals surface area contributed by atoms with Crippen molar-refractivity contribution in [3.8, 4) is 0 Å². The quantitative estimate of drug-likeness (QED) is 0.405. The van der Waals surface area contributed by atoms with E-state index in [1.807, 2.05) is 0 Å². The van der Waals surface area contributed by atoms with Crippen LogP contribution in [0.2, 0.25) is 0 Å². The number of rotatable bonds is 10. The highest BCUT2D eigenvalue weighted by molar-refractivity contribution is 7.99. The SMILES string of the molecule is CCCNc1ncnc(SCCCOC)c1CCC. The molecule has 1 rings (SSSR count). The third-order valence-corrected chi connectivity index (χ3v) is 3.80. The lowest BCUT2D eigenvalue weighted by atomic mass is 10.2. The highest BCUT2D eigenvalue weighted by atomic mass is 32.2. The van der Waals surface area contributed by atoms with Crippen LogP contribution in [0.4, 0.5) is 5.82 Å². The molecule has 0 saturated heterocycles. The normalized spacial score (nSPS) is 10.7. The Hall–Kier alpha value is -0.810. The Balaban J connectivity index is 2.71. The van der Waals surface area contributed by atoms with Gasteiger partial charge in [0.05, 0.1) is 0 Å². The van der Waals surface area contributed by atoms with Crippen LogP contribution < -0.4 is 5.32 Å². The molecule has 0 saturated carbocycles. The standard InChI is InChI=1S/C14H25N3OS/c1-4-7-12-13(15-8-5-2)16-11-17-14(12)19-10-6-9-18-3/h11H,4-10H2,1-3H3,(H,15,16,17). The molecule has 0 unspecified atom stereocenters. The molecule has 0 bridgehead atoms. The molecular weight excluding hydrogens is 258 g/mol. The summed E-state index contributed by atoms with van der Waals surface area (Å²) in [5.74, 6) is 2.04. The lowest BCUT2D eigenvalue weighted by molar-refractivity contribution is 0.200. The van der Waals surface area contributed by atoms with Gasteiger partial charge in [-0.3, -0.25) is 0 Å². The lowest BCUT2D eigenvalue weighted by Crippen LogP contribution is -2.07. The molecule has 1 aromatic heterocycles. The Kier molecular flexibility index (Phi) is 8.58. The number of aromatic nitrogens is 2. The zero-order valence-corrected chi connectivity index (χ0v) is 13.1. The summed E-state index contributed by atoms with van der Waals surface area (Å²) < 4.78 is 5.08. The third-order valence-electron chi connectivity index (χ3n) is 2.68. The highest BCUT2D eigenvalue weighted by Crippen LogP contribution is 2.26. The lowest BCUT2D eigenvalue weighted by Gasteiger charge is -2.13. The van der Waals surface area contributed by atoms with Gasteiger partial charge in [0.15, 0.2) is 0 Å². The first kappa shape index (κ1) is 16.2. The second kappa shape index (κ2) is 10.0. The van der Waals surface area contributed by atoms with Crippen LogP contribution in [0.15, 0.2) is 11.4 Å². The summed E-state index contributed by atoms with van der Waals surface area (Å²) in [5.41, 5.74) is 1.26. The van der Waals surface area contributed by atoms with Crippen LogP contribution in [0.25, 0.3) is 0 Å². The van der Waals surface area contributed by atoms with Crippen molar-refractivity contribution in [2.45, 2.75) is 44.6 Å². The van der Waals surface area contributed by atoms with Crippen molar-refractivity contribution >= 4 is 17.6 Å². The number of hydrogen-bond acceptors (Lipinski definition) is 5. The van der Waals surface area contributed by atoms with Gasteiger partial charge in [-0.25, -0.2) is 9.97 Å². The molecular formula is C14H25N3OS. The van der Waals surface area contributed by atoms with Gasteiger partial charge in [0.1, 0.15) is 17.2 Å². The molecule has 1 aromatic rings. The first-order chi connectivity index (χ1) is 9.33. The summed E-state index contributed by atoms with van der Waals surface area (Å²) in [4.78, 5) is 8.81. The van der Waals surface area contributed by atoms with E-state index in [4.69, 9.17) is 4.74 Å². The van der Waals surface area contributed by atoms with Gasteiger partial charge in [0, 0.05) is 31.6 Å². The second-order valence-corrected chi connectivity index (χ2v) is 5.46. The Morgan fingerprint density at radius 2 is 2.11 bits per heavy atom. The van der Waals surface area contributed by atoms with Crippen LogP contribution in [-0.4, -0.2) is 36.0 Å². The number of nitrogens with zero attached hydrogens (tertiary/aromatic N) is 2. The molecule has 0 aromatic carbocycles. The molecule has 1 heterocycles. The van der Waals surface area contributed by atoms with Crippen molar-refractivity contribution in [2.24, 2.45) is 0 Å². The topological polar surface area (TPSA) is 47.0 Å². The van der Waals surface area contributed by atoms with E-state index >= 15 is 0 Å². The van der Waals surface area contributed by atoms with E-state index < -0.39 is 0 Å². The molecule has 108 valence electrons. The third kappa shape index (κ3) is 5.78. The molecule has 0 aliphatic carbocycles. The molecule has 5 heteroatoms. The van der Waals surface area contributed by atoms with Gasteiger partial charge >= 0.3 is 0 Å². The fourth-order valence-corrected chi connectivity index (χ4v) is 2.71. The minimum absolute atomic E-state index is 0.808. The average Bonchev–Trinajstić information content (AvgIpc) is 2.43. The Bertz CT molecular complexity index is 361. The van der Waals surface area contributed by atoms with Gasteiger partial charge in [-0.05, 0) is 19.3 Å². The van der Waals surface area contributed by atoms with Gasteiger partial charge < -0.3 is 10.1 Å². The largest absolute Gasteiger partial charge is 0.385 e. The number of methoxy groups -OCH3 is 1. The monoisotopic (exact) mass is 283 g/mol. The minimum Gasteiger partial charge on any atom is -0.385 e. The number of hydrogen-bond donors (Lipinski definition) is 1. The molecule has 0 amide bonds. The van der Waals surface area contributed by atoms with E-state index in [2.05, 4.69) is 29.1 Å². The minimum atomic E-state index is 0.808. The molecule has 0 fully saturated rings. The number of nitrogens with one attached hydrogen (secondary N) is 1. The Morgan fingerprint density at radius 1 is 1.26 bits per heavy atom. The zero-order valence-electron chi connectivity index (χ0n) is 12.2. The van der Waals surface area contributed by atoms with Crippen molar-refractivity contribution in [3.63, 3.8) is 0 Å². The Morgan fingerprint density at radius 3 is 2.79 bits per heavy atom. The first-order valence-electron chi connectivity index (χ1n) is 7.02. The molecule has 0 spiro atoms. The maximum Gasteiger partial charge on any atom is 0.133 e. The predicted octanol–water partition coefficient (Wildman–Crippen LogP) is 3.38. The van der Waals surface area contributed by atoms with Crippen LogP contribution >= 0.6 is 11.8 Å². The molecule has 0 atom stereocenters. The van der Waals surface area contributed by atoms with Crippen molar-refractivity contribution in [1.82, 2.24) is 9.97 Å². The van der Waals surface area contributed by atoms with Crippen LogP contribution in [0.1, 0.15) is 38.7 Å². The summed E-state index contributed by atoms with van der Waals surface area (Å²) in [5, 5.41) is 4.52. The predicted molar refractivity (Wildman–Crippen MR) is 82.0 cm³/mol. The van der Waals surface area contributed by atoms with E-state index in [0.29, 0.717) is 0 Å². The maximum absolute atomic E-state index is 5.08. The number of anilines is 1. The molecule has 0 aliphatic heterocycles. The molecule has 4 nitrogen and oxygen atoms in total. The summed E-state index contributed by atoms with van der Waals surface area (Å²) in [6.07, 6.45) is 5.95. The van der Waals surface area contributed by atoms with E-state index in [0.717, 1.165) is 55.4 Å². The van der Waals surface area contributed by atoms with E-state index in [1.54, 1.807) is 25.2 Å². The smallest absolute Gasteiger partial charge is 0.133 e. The van der Waals surface area contributed by atoms with Crippen molar-refractivity contribution in [2.75, 3.05) is 31.3 Å². The van der Waals surface area contributed by atoms with Crippen LogP contribution in [0.3, 0.4) is 0 Å². The van der Waals surface area contributed by atoms with Gasteiger partial charge in [-0.1, -0.05) is 20.3 Å². The van der Waals surface area contributed by atoms with Crippen molar-refractivity contribution in [1.29, 1.82) is 0 Å². The van der Waals surface area contributed by atoms with Crippen LogP contribution in [0.5, 0.6) is 0 Å². The summed E-state index contributed by atoms with van der Waals surface area (Å²) in [6, 6.07) is 0. The van der Waals surface area contributed by atoms with Crippen molar-refractivity contribution < 1.29 is 4.74 Å². The number of thioether (sulfide) groups is 1. The molecule has 1 N–H and O–H groups in total. The fourth-order valence-electron chi connectivity index (χ4n) is 1.76. The van der Waals surface area contributed by atoms with Gasteiger partial charge in [-0.15, -0.1) is 11.8 Å². The summed E-state index contributed by atoms with van der Waals surface area (Å²) >= 11 is 1.80. The zero-order chi connectivity index (χ0) is 13.9. The maximum atomic E-state index is 5.08. The molecule has 19 heavy (non-hydrogen) atoms. The van der Waals surface area contributed by atoms with Gasteiger partial charge in [0.25, 0.3) is 0 Å². The van der Waals surface area contributed by atoms with Gasteiger partial charge in [-0.2, -0.15) is 0 Å².